The van der Waals surface area contributed by atoms with E-state index in [0.717, 1.165) is 95.4 Å². The average molecular weight is 673 g/mol. The van der Waals surface area contributed by atoms with Crippen LogP contribution in [0, 0.1) is 29.6 Å². The molecule has 0 radical (unpaired) electrons. The Kier molecular flexibility index (Phi) is 12.8. The first-order valence-corrected chi connectivity index (χ1v) is 19.0. The lowest BCUT2D eigenvalue weighted by molar-refractivity contribution is -0.0439. The van der Waals surface area contributed by atoms with E-state index in [4.69, 9.17) is 9.72 Å². The fourth-order valence-corrected chi connectivity index (χ4v) is 7.74. The Labute approximate surface area is 303 Å². The van der Waals surface area contributed by atoms with E-state index in [1.54, 1.807) is 0 Å². The molecular weight excluding hydrogens is 613 g/mol. The van der Waals surface area contributed by atoms with Crippen LogP contribution in [0.1, 0.15) is 108 Å². The molecule has 5 nitrogen and oxygen atoms in total. The van der Waals surface area contributed by atoms with Gasteiger partial charge >= 0.3 is 0 Å². The van der Waals surface area contributed by atoms with E-state index >= 15 is 0 Å². The molecule has 3 heterocycles. The van der Waals surface area contributed by atoms with Gasteiger partial charge in [0.2, 0.25) is 0 Å². The fourth-order valence-electron chi connectivity index (χ4n) is 7.74. The van der Waals surface area contributed by atoms with Crippen LogP contribution in [0.2, 0.25) is 0 Å². The highest BCUT2D eigenvalue weighted by molar-refractivity contribution is 5.71. The van der Waals surface area contributed by atoms with Gasteiger partial charge in [0.25, 0.3) is 0 Å². The Balaban J connectivity index is 1.21. The Bertz CT molecular complexity index is 1650. The standard InChI is InChI=1S/C45H60N4O/c1-9-11-37(42-19-15-36(29-46)26-33(42)3)17-18-40-12-10-13-43(47-40)38-20-23-48(24-21-38)30-35(5)49(31-41-22-25-50-41)44-27-39(16-14-32(44)2)34(4)28-45(6,7)8/h10,12-16,19,26-27,33,38,41H,4-5,9,11,17-18,20-25,28,30-31H2,1-3,6-8H3/b42-37+. The van der Waals surface area contributed by atoms with Crippen LogP contribution in [0.25, 0.3) is 5.57 Å². The highest BCUT2D eigenvalue weighted by Crippen LogP contribution is 2.35. The molecule has 0 spiro atoms. The van der Waals surface area contributed by atoms with Crippen molar-refractivity contribution in [2.45, 2.75) is 105 Å². The minimum atomic E-state index is 0.192. The number of anilines is 1. The zero-order valence-electron chi connectivity index (χ0n) is 31.7. The second-order valence-electron chi connectivity index (χ2n) is 16.1. The van der Waals surface area contributed by atoms with E-state index in [-0.39, 0.29) is 17.4 Å². The second-order valence-corrected chi connectivity index (χ2v) is 16.1. The third-order valence-corrected chi connectivity index (χ3v) is 10.6. The van der Waals surface area contributed by atoms with Gasteiger partial charge in [-0.2, -0.15) is 5.26 Å². The monoisotopic (exact) mass is 672 g/mol. The summed E-state index contributed by atoms with van der Waals surface area (Å²) in [5.41, 5.74) is 12.3. The van der Waals surface area contributed by atoms with Crippen LogP contribution in [0.4, 0.5) is 5.69 Å². The van der Waals surface area contributed by atoms with E-state index in [2.05, 4.69) is 119 Å². The first-order valence-electron chi connectivity index (χ1n) is 19.0. The highest BCUT2D eigenvalue weighted by atomic mass is 16.5. The molecule has 1 aliphatic carbocycles. The smallest absolute Gasteiger partial charge is 0.0988 e. The average Bonchev–Trinajstić information content (AvgIpc) is 3.06. The number of nitrogens with zero attached hydrogens (tertiary/aromatic N) is 4. The number of pyridine rings is 1. The van der Waals surface area contributed by atoms with Crippen LogP contribution in [0.15, 0.2) is 90.2 Å². The molecule has 1 aromatic carbocycles. The molecule has 0 bridgehead atoms. The Hall–Kier alpha value is -3.72. The van der Waals surface area contributed by atoms with Crippen molar-refractivity contribution < 1.29 is 4.74 Å². The Morgan fingerprint density at radius 1 is 1.08 bits per heavy atom. The van der Waals surface area contributed by atoms with Crippen molar-refractivity contribution in [3.05, 3.63) is 113 Å². The molecule has 50 heavy (non-hydrogen) atoms. The van der Waals surface area contributed by atoms with Gasteiger partial charge < -0.3 is 9.64 Å². The number of nitriles is 1. The minimum Gasteiger partial charge on any atom is -0.376 e. The van der Waals surface area contributed by atoms with Crippen LogP contribution < -0.4 is 4.90 Å². The van der Waals surface area contributed by atoms with E-state index in [9.17, 15) is 5.26 Å². The fraction of sp³-hybridized carbons (Fsp3) is 0.511. The van der Waals surface area contributed by atoms with Gasteiger partial charge in [-0.1, -0.05) is 90.1 Å². The second kappa shape index (κ2) is 17.0. The molecule has 2 aliphatic heterocycles. The number of rotatable bonds is 14. The van der Waals surface area contributed by atoms with Crippen LogP contribution in [-0.4, -0.2) is 48.8 Å². The summed E-state index contributed by atoms with van der Waals surface area (Å²) in [5.74, 6) is 0.763. The summed E-state index contributed by atoms with van der Waals surface area (Å²) < 4.78 is 5.93. The first kappa shape index (κ1) is 37.5. The largest absolute Gasteiger partial charge is 0.376 e. The van der Waals surface area contributed by atoms with Gasteiger partial charge in [-0.05, 0) is 117 Å². The SMILES string of the molecule is C=C(CC(C)(C)C)c1ccc(C)c(N(CC2CCO2)C(=C)CN2CCC(c3cccc(CC/C(CCC)=C4\C=CC(C#N)=CC4C)n3)CC2)c1. The number of aromatic nitrogens is 1. The van der Waals surface area contributed by atoms with E-state index in [1.165, 1.54) is 44.9 Å². The molecule has 2 atom stereocenters. The number of ether oxygens (including phenoxy) is 1. The summed E-state index contributed by atoms with van der Waals surface area (Å²) in [6.45, 7) is 27.2. The van der Waals surface area contributed by atoms with Crippen molar-refractivity contribution in [1.29, 1.82) is 5.26 Å². The van der Waals surface area contributed by atoms with Gasteiger partial charge in [-0.15, -0.1) is 0 Å². The van der Waals surface area contributed by atoms with Gasteiger partial charge in [0, 0.05) is 59.9 Å². The topological polar surface area (TPSA) is 52.4 Å². The molecule has 0 saturated carbocycles. The molecule has 266 valence electrons. The summed E-state index contributed by atoms with van der Waals surface area (Å²) >= 11 is 0. The molecule has 0 N–H and O–H groups in total. The molecule has 2 unspecified atom stereocenters. The first-order chi connectivity index (χ1) is 23.9. The summed E-state index contributed by atoms with van der Waals surface area (Å²) in [5, 5.41) is 9.33. The zero-order chi connectivity index (χ0) is 35.8. The van der Waals surface area contributed by atoms with Crippen molar-refractivity contribution in [2.24, 2.45) is 11.3 Å². The molecule has 2 saturated heterocycles. The maximum Gasteiger partial charge on any atom is 0.0988 e. The Morgan fingerprint density at radius 2 is 1.84 bits per heavy atom. The van der Waals surface area contributed by atoms with E-state index in [0.29, 0.717) is 5.92 Å². The maximum absolute atomic E-state index is 9.33. The maximum atomic E-state index is 9.33. The van der Waals surface area contributed by atoms with Gasteiger partial charge in [0.15, 0.2) is 0 Å². The van der Waals surface area contributed by atoms with E-state index in [1.807, 2.05) is 6.08 Å². The van der Waals surface area contributed by atoms with E-state index < -0.39 is 0 Å². The molecule has 2 fully saturated rings. The molecule has 5 heteroatoms. The summed E-state index contributed by atoms with van der Waals surface area (Å²) in [4.78, 5) is 10.2. The lowest BCUT2D eigenvalue weighted by Gasteiger charge is -2.39. The van der Waals surface area contributed by atoms with Crippen molar-refractivity contribution in [3.8, 4) is 6.07 Å². The third-order valence-electron chi connectivity index (χ3n) is 10.6. The molecular formula is C45H60N4O. The molecule has 5 rings (SSSR count). The zero-order valence-corrected chi connectivity index (χ0v) is 31.7. The summed E-state index contributed by atoms with van der Waals surface area (Å²) in [6, 6.07) is 15.7. The van der Waals surface area contributed by atoms with Gasteiger partial charge in [0.05, 0.1) is 12.2 Å². The lowest BCUT2D eigenvalue weighted by atomic mass is 9.85. The van der Waals surface area contributed by atoms with Gasteiger partial charge in [-0.25, -0.2) is 0 Å². The third kappa shape index (κ3) is 9.95. The number of benzene rings is 1. The molecule has 0 amide bonds. The molecule has 2 aromatic rings. The molecule has 3 aliphatic rings. The van der Waals surface area contributed by atoms with Crippen LogP contribution in [-0.2, 0) is 11.2 Å². The van der Waals surface area contributed by atoms with Crippen LogP contribution >= 0.6 is 0 Å². The van der Waals surface area contributed by atoms with Crippen LogP contribution in [0.3, 0.4) is 0 Å². The number of hydrogen-bond acceptors (Lipinski definition) is 5. The summed E-state index contributed by atoms with van der Waals surface area (Å²) in [7, 11) is 0. The molecule has 1 aromatic heterocycles. The predicted octanol–water partition coefficient (Wildman–Crippen LogP) is 10.5. The highest BCUT2D eigenvalue weighted by Gasteiger charge is 2.28. The van der Waals surface area contributed by atoms with Crippen LogP contribution in [0.5, 0.6) is 0 Å². The van der Waals surface area contributed by atoms with Gasteiger partial charge in [0.1, 0.15) is 0 Å². The lowest BCUT2D eigenvalue weighted by Crippen LogP contribution is -2.43. The number of aryl methyl sites for hydroxylation is 2. The van der Waals surface area contributed by atoms with Crippen molar-refractivity contribution in [2.75, 3.05) is 37.7 Å². The normalized spacial score (nSPS) is 20.9. The number of likely N-dealkylation sites (tertiary alicyclic amines) is 1. The quantitative estimate of drug-likeness (QED) is 0.200. The Morgan fingerprint density at radius 3 is 2.48 bits per heavy atom. The summed E-state index contributed by atoms with van der Waals surface area (Å²) in [6.07, 6.45) is 14.9. The number of allylic oxidation sites excluding steroid dienone is 7. The van der Waals surface area contributed by atoms with Crippen molar-refractivity contribution >= 4 is 11.3 Å². The number of hydrogen-bond donors (Lipinski definition) is 0. The number of piperidine rings is 1. The van der Waals surface area contributed by atoms with Gasteiger partial charge in [-0.3, -0.25) is 9.88 Å². The predicted molar refractivity (Wildman–Crippen MR) is 210 cm³/mol. The minimum absolute atomic E-state index is 0.192. The van der Waals surface area contributed by atoms with Crippen molar-refractivity contribution in [1.82, 2.24) is 9.88 Å². The van der Waals surface area contributed by atoms with Crippen molar-refractivity contribution in [3.63, 3.8) is 0 Å².